The molecule has 0 aromatic carbocycles. The maximum absolute atomic E-state index is 11.5. The fourth-order valence-electron chi connectivity index (χ4n) is 2.95. The molecule has 0 aliphatic carbocycles. The van der Waals surface area contributed by atoms with Gasteiger partial charge in [-0.05, 0) is 0 Å². The number of hydrogen-bond donors (Lipinski definition) is 9. The van der Waals surface area contributed by atoms with Gasteiger partial charge in [0.05, 0.1) is 13.2 Å². The van der Waals surface area contributed by atoms with Crippen LogP contribution in [0.25, 0.3) is 0 Å². The van der Waals surface area contributed by atoms with Crippen molar-refractivity contribution in [1.29, 1.82) is 0 Å². The number of ether oxygens (including phenoxy) is 2. The van der Waals surface area contributed by atoms with Crippen LogP contribution in [0, 0.1) is 0 Å². The van der Waals surface area contributed by atoms with Gasteiger partial charge in [-0.15, -0.1) is 0 Å². The topological polar surface area (TPSA) is 235 Å². The second kappa shape index (κ2) is 11.5. The van der Waals surface area contributed by atoms with Crippen LogP contribution in [0.4, 0.5) is 0 Å². The maximum Gasteiger partial charge on any atom is 0.329 e. The Labute approximate surface area is 171 Å². The summed E-state index contributed by atoms with van der Waals surface area (Å²) in [4.78, 5) is 34.1. The van der Waals surface area contributed by atoms with Crippen LogP contribution in [-0.2, 0) is 23.9 Å². The second-order valence-electron chi connectivity index (χ2n) is 6.79. The standard InChI is InChI=1S/C16H28N2O12/c1-5(21)17-9(15(27)28)13(26)14(7(23)3-19)30-16-10(18-6(2)22)12(25)11(24)8(4-20)29-16/h7-14,16,19-20,23-26H,3-4H2,1-2H3,(H,17,21)(H,18,22)(H,27,28)/t7-,8-,9-,10-,11-,12-,13-,14-,16+/m1/s1. The summed E-state index contributed by atoms with van der Waals surface area (Å²) in [6.07, 6.45) is -12.3. The lowest BCUT2D eigenvalue weighted by Gasteiger charge is -2.44. The summed E-state index contributed by atoms with van der Waals surface area (Å²) in [5.74, 6) is -3.17. The molecule has 1 rings (SSSR count). The van der Waals surface area contributed by atoms with Gasteiger partial charge in [-0.1, -0.05) is 0 Å². The Morgan fingerprint density at radius 2 is 1.67 bits per heavy atom. The minimum absolute atomic E-state index is 0.674. The Morgan fingerprint density at radius 1 is 1.07 bits per heavy atom. The van der Waals surface area contributed by atoms with E-state index in [2.05, 4.69) is 5.32 Å². The van der Waals surface area contributed by atoms with Crippen LogP contribution in [0.2, 0.25) is 0 Å². The molecule has 14 heteroatoms. The van der Waals surface area contributed by atoms with E-state index in [1.807, 2.05) is 5.32 Å². The maximum atomic E-state index is 11.5. The summed E-state index contributed by atoms with van der Waals surface area (Å²) in [5, 5.41) is 72.8. The summed E-state index contributed by atoms with van der Waals surface area (Å²) in [7, 11) is 0. The molecule has 30 heavy (non-hydrogen) atoms. The summed E-state index contributed by atoms with van der Waals surface area (Å²) in [6, 6.07) is -3.41. The predicted octanol–water partition coefficient (Wildman–Crippen LogP) is -5.38. The molecule has 9 N–H and O–H groups in total. The monoisotopic (exact) mass is 440 g/mol. The van der Waals surface area contributed by atoms with Crippen molar-refractivity contribution in [2.75, 3.05) is 13.2 Å². The van der Waals surface area contributed by atoms with E-state index in [9.17, 15) is 50.1 Å². The number of aliphatic carboxylic acids is 1. The molecule has 2 amide bonds. The van der Waals surface area contributed by atoms with Crippen molar-refractivity contribution in [2.45, 2.75) is 68.8 Å². The van der Waals surface area contributed by atoms with Gasteiger partial charge < -0.3 is 55.9 Å². The number of hydrogen-bond acceptors (Lipinski definition) is 11. The van der Waals surface area contributed by atoms with Crippen molar-refractivity contribution in [3.8, 4) is 0 Å². The van der Waals surface area contributed by atoms with Crippen LogP contribution in [-0.4, -0.2) is 122 Å². The first-order valence-corrected chi connectivity index (χ1v) is 8.96. The molecule has 0 aromatic heterocycles. The molecular weight excluding hydrogens is 412 g/mol. The number of aliphatic hydroxyl groups excluding tert-OH is 6. The Bertz CT molecular complexity index is 605. The third-order valence-corrected chi connectivity index (χ3v) is 4.41. The summed E-state index contributed by atoms with van der Waals surface area (Å²) < 4.78 is 10.7. The molecule has 9 atom stereocenters. The highest BCUT2D eigenvalue weighted by atomic mass is 16.7. The average molecular weight is 440 g/mol. The molecule has 174 valence electrons. The second-order valence-corrected chi connectivity index (χ2v) is 6.79. The molecule has 1 fully saturated rings. The van der Waals surface area contributed by atoms with E-state index in [1.54, 1.807) is 0 Å². The van der Waals surface area contributed by atoms with E-state index in [4.69, 9.17) is 9.47 Å². The average Bonchev–Trinajstić information content (AvgIpc) is 2.67. The van der Waals surface area contributed by atoms with E-state index in [-0.39, 0.29) is 0 Å². The lowest BCUT2D eigenvalue weighted by molar-refractivity contribution is -0.299. The number of carbonyl (C=O) groups excluding carboxylic acids is 2. The van der Waals surface area contributed by atoms with Gasteiger partial charge in [-0.2, -0.15) is 0 Å². The van der Waals surface area contributed by atoms with Crippen molar-refractivity contribution in [1.82, 2.24) is 10.6 Å². The molecular formula is C16H28N2O12. The molecule has 0 unspecified atom stereocenters. The zero-order chi connectivity index (χ0) is 23.2. The van der Waals surface area contributed by atoms with Gasteiger partial charge in [-0.25, -0.2) is 4.79 Å². The first kappa shape index (κ1) is 26.1. The lowest BCUT2D eigenvalue weighted by Crippen LogP contribution is -2.66. The van der Waals surface area contributed by atoms with Gasteiger partial charge in [0.15, 0.2) is 12.3 Å². The number of carbonyl (C=O) groups is 3. The van der Waals surface area contributed by atoms with E-state index in [1.165, 1.54) is 0 Å². The molecule has 1 aliphatic rings. The van der Waals surface area contributed by atoms with Crippen molar-refractivity contribution in [2.24, 2.45) is 0 Å². The summed E-state index contributed by atoms with van der Waals surface area (Å²) >= 11 is 0. The number of carboxylic acids is 1. The van der Waals surface area contributed by atoms with Gasteiger partial charge in [0.2, 0.25) is 11.8 Å². The van der Waals surface area contributed by atoms with Crippen molar-refractivity contribution < 1.29 is 59.6 Å². The van der Waals surface area contributed by atoms with E-state index >= 15 is 0 Å². The highest BCUT2D eigenvalue weighted by molar-refractivity contribution is 5.82. The number of carboxylic acid groups (broad SMARTS) is 1. The van der Waals surface area contributed by atoms with E-state index < -0.39 is 86.0 Å². The zero-order valence-electron chi connectivity index (χ0n) is 16.3. The first-order valence-electron chi connectivity index (χ1n) is 8.96. The third kappa shape index (κ3) is 6.55. The molecule has 1 saturated heterocycles. The Balaban J connectivity index is 3.22. The van der Waals surface area contributed by atoms with Gasteiger partial charge in [-0.3, -0.25) is 9.59 Å². The SMILES string of the molecule is CC(=O)N[C@H]1[C@H](O[C@@H]([C@H](O)[C@@H](NC(C)=O)C(=O)O)[C@H](O)CO)O[C@H](CO)[C@@H](O)[C@@H]1O. The number of amides is 2. The van der Waals surface area contributed by atoms with Gasteiger partial charge in [0.25, 0.3) is 0 Å². The van der Waals surface area contributed by atoms with E-state index in [0.29, 0.717) is 0 Å². The molecule has 0 aromatic rings. The van der Waals surface area contributed by atoms with Crippen LogP contribution in [0.15, 0.2) is 0 Å². The van der Waals surface area contributed by atoms with Crippen molar-refractivity contribution >= 4 is 17.8 Å². The Hall–Kier alpha value is -1.91. The molecule has 1 heterocycles. The lowest BCUT2D eigenvalue weighted by atomic mass is 9.96. The molecule has 1 aliphatic heterocycles. The van der Waals surface area contributed by atoms with Crippen LogP contribution < -0.4 is 10.6 Å². The zero-order valence-corrected chi connectivity index (χ0v) is 16.3. The minimum Gasteiger partial charge on any atom is -0.480 e. The quantitative estimate of drug-likeness (QED) is 0.155. The van der Waals surface area contributed by atoms with Crippen LogP contribution in [0.5, 0.6) is 0 Å². The minimum atomic E-state index is -2.12. The molecule has 0 saturated carbocycles. The number of aliphatic hydroxyl groups is 6. The smallest absolute Gasteiger partial charge is 0.329 e. The first-order chi connectivity index (χ1) is 13.9. The Morgan fingerprint density at radius 3 is 2.10 bits per heavy atom. The fourth-order valence-corrected chi connectivity index (χ4v) is 2.95. The molecule has 0 bridgehead atoms. The van der Waals surface area contributed by atoms with Crippen molar-refractivity contribution in [3.63, 3.8) is 0 Å². The highest BCUT2D eigenvalue weighted by Gasteiger charge is 2.48. The Kier molecular flexibility index (Phi) is 9.99. The predicted molar refractivity (Wildman–Crippen MR) is 94.6 cm³/mol. The van der Waals surface area contributed by atoms with Gasteiger partial charge in [0, 0.05) is 13.8 Å². The number of nitrogens with one attached hydrogen (secondary N) is 2. The van der Waals surface area contributed by atoms with Crippen LogP contribution in [0.1, 0.15) is 13.8 Å². The molecule has 14 nitrogen and oxygen atoms in total. The normalized spacial score (nSPS) is 30.6. The largest absolute Gasteiger partial charge is 0.480 e. The van der Waals surface area contributed by atoms with Crippen molar-refractivity contribution in [3.05, 3.63) is 0 Å². The molecule has 0 radical (unpaired) electrons. The summed E-state index contributed by atoms with van der Waals surface area (Å²) in [5.41, 5.74) is 0. The van der Waals surface area contributed by atoms with Crippen LogP contribution in [0.3, 0.4) is 0 Å². The van der Waals surface area contributed by atoms with Gasteiger partial charge in [0.1, 0.15) is 42.7 Å². The van der Waals surface area contributed by atoms with Gasteiger partial charge >= 0.3 is 5.97 Å². The highest BCUT2D eigenvalue weighted by Crippen LogP contribution is 2.25. The van der Waals surface area contributed by atoms with E-state index in [0.717, 1.165) is 13.8 Å². The number of rotatable bonds is 10. The third-order valence-electron chi connectivity index (χ3n) is 4.41. The van der Waals surface area contributed by atoms with Crippen LogP contribution >= 0.6 is 0 Å². The molecule has 0 spiro atoms. The summed E-state index contributed by atoms with van der Waals surface area (Å²) in [6.45, 7) is 0.298. The fraction of sp³-hybridized carbons (Fsp3) is 0.812.